The van der Waals surface area contributed by atoms with Crippen molar-refractivity contribution in [3.63, 3.8) is 0 Å². The summed E-state index contributed by atoms with van der Waals surface area (Å²) in [5.74, 6) is 0. The van der Waals surface area contributed by atoms with E-state index < -0.39 is 0 Å². The van der Waals surface area contributed by atoms with Crippen molar-refractivity contribution < 1.29 is 35.4 Å². The predicted molar refractivity (Wildman–Crippen MR) is 16.0 cm³/mol. The van der Waals surface area contributed by atoms with Gasteiger partial charge in [0.1, 0.15) is 0 Å². The fourth-order valence-corrected chi connectivity index (χ4v) is 0.565. The maximum absolute atomic E-state index is 3.67. The van der Waals surface area contributed by atoms with Crippen LogP contribution >= 0.6 is 0 Å². The fraction of sp³-hybridized carbons (Fsp3) is 0. The second-order valence-corrected chi connectivity index (χ2v) is 2.48. The monoisotopic (exact) mass is 195 g/mol. The summed E-state index contributed by atoms with van der Waals surface area (Å²) in [6, 6.07) is 0. The summed E-state index contributed by atoms with van der Waals surface area (Å²) in [6.45, 7) is 0. The van der Waals surface area contributed by atoms with Crippen LogP contribution in [0.2, 0.25) is 0 Å². The van der Waals surface area contributed by atoms with Crippen LogP contribution in [0, 0.1) is 0 Å². The molecule has 7 heavy (non-hydrogen) atoms. The fourth-order valence-electron chi connectivity index (χ4n) is 0.225. The molecule has 0 bridgehead atoms. The van der Waals surface area contributed by atoms with E-state index in [0.29, 0.717) is 0 Å². The van der Waals surface area contributed by atoms with Crippen LogP contribution in [0.4, 0.5) is 0 Å². The van der Waals surface area contributed by atoms with Gasteiger partial charge in [-0.3, -0.25) is 0 Å². The number of nitrogens with zero attached hydrogens (tertiary/aromatic N) is 2. The summed E-state index contributed by atoms with van der Waals surface area (Å²) >= 11 is 1.08. The molecule has 0 unspecified atom stereocenters. The minimum atomic E-state index is 0. The van der Waals surface area contributed by atoms with Crippen LogP contribution < -0.4 is 4.29 Å². The molecule has 0 fully saturated rings. The van der Waals surface area contributed by atoms with Gasteiger partial charge >= 0.3 is 44.2 Å². The molecule has 0 saturated carbocycles. The first-order valence-corrected chi connectivity index (χ1v) is 3.06. The topological polar surface area (TPSA) is 41.6 Å². The Morgan fingerprint density at radius 3 is 2.57 bits per heavy atom. The summed E-state index contributed by atoms with van der Waals surface area (Å²) < 4.78 is 1.05. The van der Waals surface area contributed by atoms with Crippen molar-refractivity contribution in [2.75, 3.05) is 0 Å². The zero-order chi connectivity index (χ0) is 4.41. The Bertz CT molecular complexity index is 116. The van der Waals surface area contributed by atoms with Crippen LogP contribution in [0.3, 0.4) is 0 Å². The molecule has 1 N–H and O–H groups in total. The van der Waals surface area contributed by atoms with Crippen molar-refractivity contribution in [3.05, 3.63) is 6.20 Å². The Morgan fingerprint density at radius 2 is 2.43 bits per heavy atom. The molecule has 1 aromatic heterocycles. The number of aromatic amines is 1. The second-order valence-electron chi connectivity index (χ2n) is 0.965. The number of hydrogen-bond acceptors (Lipinski definition) is 2. The van der Waals surface area contributed by atoms with Crippen LogP contribution in [-0.4, -0.2) is 15.4 Å². The average molecular weight is 197 g/mol. The Kier molecular flexibility index (Phi) is 3.44. The molecule has 1 rings (SSSR count). The molecule has 1 aromatic rings. The molecular formula is C2H2CuN3Zn. The van der Waals surface area contributed by atoms with Crippen molar-refractivity contribution in [3.8, 4) is 0 Å². The van der Waals surface area contributed by atoms with Crippen LogP contribution in [0.25, 0.3) is 0 Å². The third-order valence-electron chi connectivity index (χ3n) is 0.467. The van der Waals surface area contributed by atoms with Gasteiger partial charge in [0.05, 0.1) is 0 Å². The summed E-state index contributed by atoms with van der Waals surface area (Å²) in [7, 11) is 0. The third kappa shape index (κ3) is 2.17. The van der Waals surface area contributed by atoms with Crippen molar-refractivity contribution in [2.24, 2.45) is 0 Å². The van der Waals surface area contributed by atoms with E-state index in [1.165, 1.54) is 0 Å². The molecule has 5 heteroatoms. The van der Waals surface area contributed by atoms with E-state index in [9.17, 15) is 0 Å². The van der Waals surface area contributed by atoms with Gasteiger partial charge in [-0.2, -0.15) is 0 Å². The van der Waals surface area contributed by atoms with Gasteiger partial charge in [-0.15, -0.1) is 0 Å². The first-order chi connectivity index (χ1) is 2.89. The number of nitrogens with one attached hydrogen (secondary N) is 1. The molecule has 0 aromatic carbocycles. The van der Waals surface area contributed by atoms with Gasteiger partial charge in [-0.1, -0.05) is 0 Å². The van der Waals surface area contributed by atoms with E-state index in [1.807, 2.05) is 0 Å². The van der Waals surface area contributed by atoms with Gasteiger partial charge in [-0.25, -0.2) is 0 Å². The van der Waals surface area contributed by atoms with Crippen LogP contribution in [0.5, 0.6) is 0 Å². The van der Waals surface area contributed by atoms with E-state index in [1.54, 1.807) is 6.20 Å². The zero-order valence-corrected chi connectivity index (χ0v) is 7.39. The molecular weight excluding hydrogens is 195 g/mol. The summed E-state index contributed by atoms with van der Waals surface area (Å²) in [6.07, 6.45) is 1.79. The number of aromatic nitrogens is 3. The van der Waals surface area contributed by atoms with E-state index in [2.05, 4.69) is 15.4 Å². The van der Waals surface area contributed by atoms with Crippen molar-refractivity contribution >= 4 is 4.29 Å². The van der Waals surface area contributed by atoms with Crippen LogP contribution in [-0.2, 0) is 35.4 Å². The van der Waals surface area contributed by atoms with E-state index in [-0.39, 0.29) is 17.1 Å². The van der Waals surface area contributed by atoms with E-state index in [4.69, 9.17) is 0 Å². The molecule has 3 nitrogen and oxygen atoms in total. The molecule has 0 aliphatic heterocycles. The number of H-pyrrole nitrogens is 1. The summed E-state index contributed by atoms with van der Waals surface area (Å²) in [5, 5.41) is 9.74. The number of hydrogen-bond donors (Lipinski definition) is 1. The Labute approximate surface area is 61.4 Å². The first kappa shape index (κ1) is 7.28. The molecule has 0 atom stereocenters. The quantitative estimate of drug-likeness (QED) is 0.540. The summed E-state index contributed by atoms with van der Waals surface area (Å²) in [5.41, 5.74) is 0. The van der Waals surface area contributed by atoms with Gasteiger partial charge in [0.25, 0.3) is 0 Å². The summed E-state index contributed by atoms with van der Waals surface area (Å²) in [4.78, 5) is 0. The third-order valence-corrected chi connectivity index (χ3v) is 1.19. The zero-order valence-electron chi connectivity index (χ0n) is 3.48. The van der Waals surface area contributed by atoms with Gasteiger partial charge < -0.3 is 0 Å². The molecule has 0 saturated heterocycles. The maximum atomic E-state index is 3.67. The molecule has 1 radical (unpaired) electrons. The van der Waals surface area contributed by atoms with Gasteiger partial charge in [0.2, 0.25) is 0 Å². The predicted octanol–water partition coefficient (Wildman–Crippen LogP) is -1.03. The Hall–Kier alpha value is 0.283. The second kappa shape index (κ2) is 3.31. The standard InChI is InChI=1S/C2H2N3.Cu.Zn/c1-2-4-5-3-1;;/h1H,(H,3,4,5);;. The minimum absolute atomic E-state index is 0. The average Bonchev–Trinajstić information content (AvgIpc) is 1.86. The normalized spacial score (nSPS) is 7.71. The SMILES string of the molecule is [Cu].[Zn][c]1c[nH]nn1. The van der Waals surface area contributed by atoms with E-state index >= 15 is 0 Å². The van der Waals surface area contributed by atoms with E-state index in [0.717, 1.165) is 22.6 Å². The molecule has 38 valence electrons. The Balaban J connectivity index is 0.000000360. The molecule has 0 amide bonds. The molecule has 1 heterocycles. The van der Waals surface area contributed by atoms with Gasteiger partial charge in [-0.05, 0) is 0 Å². The Morgan fingerprint density at radius 1 is 1.71 bits per heavy atom. The molecule has 0 aliphatic carbocycles. The van der Waals surface area contributed by atoms with Crippen molar-refractivity contribution in [1.29, 1.82) is 0 Å². The van der Waals surface area contributed by atoms with Crippen LogP contribution in [0.15, 0.2) is 6.20 Å². The van der Waals surface area contributed by atoms with Crippen LogP contribution in [0.1, 0.15) is 0 Å². The van der Waals surface area contributed by atoms with Gasteiger partial charge in [0.15, 0.2) is 0 Å². The van der Waals surface area contributed by atoms with Crippen molar-refractivity contribution in [2.45, 2.75) is 0 Å². The van der Waals surface area contributed by atoms with Gasteiger partial charge in [0, 0.05) is 17.1 Å². The van der Waals surface area contributed by atoms with Crippen molar-refractivity contribution in [1.82, 2.24) is 15.4 Å². The first-order valence-electron chi connectivity index (χ1n) is 1.58. The molecule has 0 aliphatic rings. The number of rotatable bonds is 0. The molecule has 0 spiro atoms.